The van der Waals surface area contributed by atoms with Crippen molar-refractivity contribution in [3.05, 3.63) is 35.4 Å². The van der Waals surface area contributed by atoms with Crippen molar-refractivity contribution in [2.45, 2.75) is 52.9 Å². The van der Waals surface area contributed by atoms with E-state index >= 15 is 0 Å². The summed E-state index contributed by atoms with van der Waals surface area (Å²) in [5.74, 6) is 0.752. The van der Waals surface area contributed by atoms with Crippen molar-refractivity contribution < 1.29 is 14.3 Å². The van der Waals surface area contributed by atoms with E-state index in [1.807, 2.05) is 39.8 Å². The minimum atomic E-state index is -0.480. The summed E-state index contributed by atoms with van der Waals surface area (Å²) in [6, 6.07) is 8.12. The first-order valence-electron chi connectivity index (χ1n) is 9.40. The molecule has 1 rings (SSSR count). The number of carbonyl (C=O) groups excluding carboxylic acids is 1. The van der Waals surface area contributed by atoms with Gasteiger partial charge in [-0.2, -0.15) is 0 Å². The van der Waals surface area contributed by atoms with E-state index in [1.165, 1.54) is 0 Å². The van der Waals surface area contributed by atoms with E-state index < -0.39 is 11.7 Å². The molecule has 1 amide bonds. The first kappa shape index (κ1) is 22.8. The molecule has 0 aliphatic rings. The lowest BCUT2D eigenvalue weighted by molar-refractivity contribution is 0.0527. The monoisotopic (exact) mass is 378 g/mol. The number of rotatable bonds is 9. The number of hydrogen-bond acceptors (Lipinski definition) is 4. The molecule has 3 N–H and O–H groups in total. The SMILES string of the molecule is CCNC(=NCc1ccccc1COC)NCCCNC(=O)OC(C)(C)C. The van der Waals surface area contributed by atoms with E-state index in [0.29, 0.717) is 26.2 Å². The number of nitrogens with zero attached hydrogens (tertiary/aromatic N) is 1. The lowest BCUT2D eigenvalue weighted by Crippen LogP contribution is -2.39. The van der Waals surface area contributed by atoms with Crippen LogP contribution < -0.4 is 16.0 Å². The van der Waals surface area contributed by atoms with E-state index in [1.54, 1.807) is 7.11 Å². The molecule has 1 aromatic rings. The van der Waals surface area contributed by atoms with Gasteiger partial charge in [0.05, 0.1) is 13.2 Å². The van der Waals surface area contributed by atoms with Gasteiger partial charge in [-0.3, -0.25) is 0 Å². The van der Waals surface area contributed by atoms with Crippen molar-refractivity contribution in [2.75, 3.05) is 26.7 Å². The number of amides is 1. The highest BCUT2D eigenvalue weighted by Gasteiger charge is 2.15. The number of aliphatic imine (C=N–C) groups is 1. The Morgan fingerprint density at radius 3 is 2.37 bits per heavy atom. The third-order valence-corrected chi connectivity index (χ3v) is 3.48. The van der Waals surface area contributed by atoms with Crippen LogP contribution in [-0.4, -0.2) is 44.4 Å². The quantitative estimate of drug-likeness (QED) is 0.350. The van der Waals surface area contributed by atoms with Crippen molar-refractivity contribution >= 4 is 12.1 Å². The molecule has 0 heterocycles. The standard InChI is InChI=1S/C20H34N4O3/c1-6-21-18(22-12-9-13-23-19(25)27-20(2,3)4)24-14-16-10-7-8-11-17(16)15-26-5/h7-8,10-11H,6,9,12-15H2,1-5H3,(H,23,25)(H2,21,22,24). The average molecular weight is 379 g/mol. The number of hydrogen-bond donors (Lipinski definition) is 3. The second-order valence-electron chi connectivity index (χ2n) is 7.11. The van der Waals surface area contributed by atoms with Crippen LogP contribution in [0.4, 0.5) is 4.79 Å². The van der Waals surface area contributed by atoms with Gasteiger partial charge in [0.2, 0.25) is 0 Å². The van der Waals surface area contributed by atoms with Gasteiger partial charge in [0, 0.05) is 26.7 Å². The molecule has 0 spiro atoms. The molecule has 0 atom stereocenters. The molecule has 0 aromatic heterocycles. The van der Waals surface area contributed by atoms with E-state index in [4.69, 9.17) is 9.47 Å². The van der Waals surface area contributed by atoms with Crippen LogP contribution in [-0.2, 0) is 22.6 Å². The van der Waals surface area contributed by atoms with Gasteiger partial charge in [0.25, 0.3) is 0 Å². The topological polar surface area (TPSA) is 84.0 Å². The average Bonchev–Trinajstić information content (AvgIpc) is 2.59. The predicted molar refractivity (Wildman–Crippen MR) is 109 cm³/mol. The molecule has 7 heteroatoms. The van der Waals surface area contributed by atoms with Crippen molar-refractivity contribution in [2.24, 2.45) is 4.99 Å². The van der Waals surface area contributed by atoms with E-state index in [2.05, 4.69) is 33.1 Å². The number of guanidine groups is 1. The minimum absolute atomic E-state index is 0.391. The maximum Gasteiger partial charge on any atom is 0.407 e. The number of ether oxygens (including phenoxy) is 2. The molecule has 0 saturated carbocycles. The number of benzene rings is 1. The van der Waals surface area contributed by atoms with Crippen molar-refractivity contribution in [3.8, 4) is 0 Å². The van der Waals surface area contributed by atoms with Crippen LogP contribution in [0.25, 0.3) is 0 Å². The van der Waals surface area contributed by atoms with E-state index in [-0.39, 0.29) is 0 Å². The maximum absolute atomic E-state index is 11.6. The van der Waals surface area contributed by atoms with Crippen molar-refractivity contribution in [1.82, 2.24) is 16.0 Å². The Kier molecular flexibility index (Phi) is 10.3. The summed E-state index contributed by atoms with van der Waals surface area (Å²) in [5.41, 5.74) is 1.80. The molecule has 0 unspecified atom stereocenters. The smallest absolute Gasteiger partial charge is 0.407 e. The second-order valence-corrected chi connectivity index (χ2v) is 7.11. The molecule has 0 aliphatic carbocycles. The Morgan fingerprint density at radius 1 is 1.07 bits per heavy atom. The van der Waals surface area contributed by atoms with Crippen LogP contribution in [0.2, 0.25) is 0 Å². The molecular weight excluding hydrogens is 344 g/mol. The van der Waals surface area contributed by atoms with Crippen molar-refractivity contribution in [3.63, 3.8) is 0 Å². The van der Waals surface area contributed by atoms with Gasteiger partial charge in [0.15, 0.2) is 5.96 Å². The second kappa shape index (κ2) is 12.2. The number of carbonyl (C=O) groups is 1. The van der Waals surface area contributed by atoms with Gasteiger partial charge in [-0.1, -0.05) is 24.3 Å². The van der Waals surface area contributed by atoms with Crippen LogP contribution in [0, 0.1) is 0 Å². The Morgan fingerprint density at radius 2 is 1.74 bits per heavy atom. The summed E-state index contributed by atoms with van der Waals surface area (Å²) in [7, 11) is 1.69. The molecule has 1 aromatic carbocycles. The fourth-order valence-corrected chi connectivity index (χ4v) is 2.31. The van der Waals surface area contributed by atoms with Gasteiger partial charge in [-0.15, -0.1) is 0 Å². The summed E-state index contributed by atoms with van der Waals surface area (Å²) >= 11 is 0. The zero-order valence-corrected chi connectivity index (χ0v) is 17.2. The number of alkyl carbamates (subject to hydrolysis) is 1. The maximum atomic E-state index is 11.6. The molecule has 0 aliphatic heterocycles. The van der Waals surface area contributed by atoms with Crippen LogP contribution in [0.15, 0.2) is 29.3 Å². The van der Waals surface area contributed by atoms with Crippen LogP contribution in [0.1, 0.15) is 45.2 Å². The van der Waals surface area contributed by atoms with Crippen LogP contribution in [0.5, 0.6) is 0 Å². The van der Waals surface area contributed by atoms with Crippen molar-refractivity contribution in [1.29, 1.82) is 0 Å². The third-order valence-electron chi connectivity index (χ3n) is 3.48. The molecule has 7 nitrogen and oxygen atoms in total. The lowest BCUT2D eigenvalue weighted by Gasteiger charge is -2.19. The summed E-state index contributed by atoms with van der Waals surface area (Å²) in [4.78, 5) is 16.2. The number of nitrogens with one attached hydrogen (secondary N) is 3. The Bertz CT molecular complexity index is 597. The molecular formula is C20H34N4O3. The highest BCUT2D eigenvalue weighted by Crippen LogP contribution is 2.11. The fourth-order valence-electron chi connectivity index (χ4n) is 2.31. The Balaban J connectivity index is 2.43. The van der Waals surface area contributed by atoms with E-state index in [9.17, 15) is 4.79 Å². The van der Waals surface area contributed by atoms with E-state index in [0.717, 1.165) is 30.1 Å². The zero-order valence-electron chi connectivity index (χ0n) is 17.2. The van der Waals surface area contributed by atoms with Gasteiger partial charge >= 0.3 is 6.09 Å². The van der Waals surface area contributed by atoms with Crippen LogP contribution >= 0.6 is 0 Å². The molecule has 0 saturated heterocycles. The molecule has 0 radical (unpaired) electrons. The van der Waals surface area contributed by atoms with Gasteiger partial charge < -0.3 is 25.4 Å². The summed E-state index contributed by atoms with van der Waals surface area (Å²) in [5, 5.41) is 9.26. The highest BCUT2D eigenvalue weighted by atomic mass is 16.6. The lowest BCUT2D eigenvalue weighted by atomic mass is 10.1. The fraction of sp³-hybridized carbons (Fsp3) is 0.600. The summed E-state index contributed by atoms with van der Waals surface area (Å²) in [6.07, 6.45) is 0.377. The van der Waals surface area contributed by atoms with Gasteiger partial charge in [-0.05, 0) is 45.2 Å². The number of methoxy groups -OCH3 is 1. The summed E-state index contributed by atoms with van der Waals surface area (Å²) < 4.78 is 10.4. The minimum Gasteiger partial charge on any atom is -0.444 e. The molecule has 27 heavy (non-hydrogen) atoms. The highest BCUT2D eigenvalue weighted by molar-refractivity contribution is 5.79. The largest absolute Gasteiger partial charge is 0.444 e. The zero-order chi connectivity index (χ0) is 20.1. The molecule has 0 bridgehead atoms. The summed E-state index contributed by atoms with van der Waals surface area (Å²) in [6.45, 7) is 10.7. The Hall–Kier alpha value is -2.28. The molecule has 0 fully saturated rings. The van der Waals surface area contributed by atoms with Gasteiger partial charge in [-0.25, -0.2) is 9.79 Å². The predicted octanol–water partition coefficient (Wildman–Crippen LogP) is 2.80. The third kappa shape index (κ3) is 10.5. The molecule has 152 valence electrons. The first-order valence-corrected chi connectivity index (χ1v) is 9.40. The van der Waals surface area contributed by atoms with Gasteiger partial charge in [0.1, 0.15) is 5.60 Å². The normalized spacial score (nSPS) is 11.8. The first-order chi connectivity index (χ1) is 12.9. The van der Waals surface area contributed by atoms with Crippen LogP contribution in [0.3, 0.4) is 0 Å². The Labute approximate surface area is 162 Å².